The zero-order valence-electron chi connectivity index (χ0n) is 10.2. The Balaban J connectivity index is 2.70. The smallest absolute Gasteiger partial charge is 0.0743 e. The molecule has 0 amide bonds. The molecule has 0 fully saturated rings. The molecule has 0 spiro atoms. The Morgan fingerprint density at radius 3 is 2.50 bits per heavy atom. The van der Waals surface area contributed by atoms with Crippen molar-refractivity contribution in [3.63, 3.8) is 0 Å². The Morgan fingerprint density at radius 2 is 1.94 bits per heavy atom. The third-order valence-corrected chi connectivity index (χ3v) is 2.50. The summed E-state index contributed by atoms with van der Waals surface area (Å²) >= 11 is 0. The van der Waals surface area contributed by atoms with E-state index in [4.69, 9.17) is 11.2 Å². The van der Waals surface area contributed by atoms with Crippen LogP contribution in [0.5, 0.6) is 0 Å². The zero-order chi connectivity index (χ0) is 12.0. The van der Waals surface area contributed by atoms with E-state index in [0.29, 0.717) is 6.61 Å². The molecule has 86 valence electrons. The molecule has 0 saturated carbocycles. The van der Waals surface area contributed by atoms with Gasteiger partial charge in [-0.3, -0.25) is 5.32 Å². The van der Waals surface area contributed by atoms with Crippen LogP contribution in [0.1, 0.15) is 25.0 Å². The Bertz CT molecular complexity index is 377. The third kappa shape index (κ3) is 3.69. The fourth-order valence-corrected chi connectivity index (χ4v) is 1.39. The minimum atomic E-state index is -0.278. The van der Waals surface area contributed by atoms with E-state index in [1.807, 2.05) is 26.0 Å². The van der Waals surface area contributed by atoms with E-state index in [-0.39, 0.29) is 5.54 Å². The van der Waals surface area contributed by atoms with Gasteiger partial charge in [-0.15, -0.1) is 6.42 Å². The highest BCUT2D eigenvalue weighted by atomic mass is 16.5. The Kier molecular flexibility index (Phi) is 4.54. The second-order valence-corrected chi connectivity index (χ2v) is 4.32. The van der Waals surface area contributed by atoms with Crippen molar-refractivity contribution in [2.75, 3.05) is 7.11 Å². The second-order valence-electron chi connectivity index (χ2n) is 4.32. The van der Waals surface area contributed by atoms with Crippen LogP contribution in [-0.2, 0) is 17.9 Å². The van der Waals surface area contributed by atoms with Gasteiger partial charge in [0, 0.05) is 13.7 Å². The van der Waals surface area contributed by atoms with Crippen molar-refractivity contribution in [3.8, 4) is 12.3 Å². The van der Waals surface area contributed by atoms with Crippen LogP contribution >= 0.6 is 0 Å². The molecule has 1 aromatic rings. The van der Waals surface area contributed by atoms with E-state index in [2.05, 4.69) is 23.4 Å². The summed E-state index contributed by atoms with van der Waals surface area (Å²) in [4.78, 5) is 0. The minimum Gasteiger partial charge on any atom is -0.380 e. The van der Waals surface area contributed by atoms with Crippen LogP contribution in [0.4, 0.5) is 0 Å². The first-order chi connectivity index (χ1) is 7.59. The molecule has 0 bridgehead atoms. The molecule has 0 heterocycles. The van der Waals surface area contributed by atoms with E-state index in [0.717, 1.165) is 6.54 Å². The van der Waals surface area contributed by atoms with Crippen molar-refractivity contribution in [3.05, 3.63) is 35.4 Å². The molecule has 2 heteroatoms. The summed E-state index contributed by atoms with van der Waals surface area (Å²) in [6, 6.07) is 8.21. The second kappa shape index (κ2) is 5.69. The number of terminal acetylenes is 1. The fourth-order valence-electron chi connectivity index (χ4n) is 1.39. The van der Waals surface area contributed by atoms with Crippen molar-refractivity contribution in [1.29, 1.82) is 0 Å². The molecule has 0 aliphatic heterocycles. The lowest BCUT2D eigenvalue weighted by molar-refractivity contribution is 0.184. The van der Waals surface area contributed by atoms with Gasteiger partial charge in [0.1, 0.15) is 0 Å². The number of ether oxygens (including phenoxy) is 1. The highest BCUT2D eigenvalue weighted by molar-refractivity contribution is 5.27. The van der Waals surface area contributed by atoms with Crippen molar-refractivity contribution in [2.45, 2.75) is 32.5 Å². The highest BCUT2D eigenvalue weighted by Crippen LogP contribution is 2.11. The summed E-state index contributed by atoms with van der Waals surface area (Å²) in [6.07, 6.45) is 5.43. The number of benzene rings is 1. The highest BCUT2D eigenvalue weighted by Gasteiger charge is 2.12. The van der Waals surface area contributed by atoms with Crippen LogP contribution in [-0.4, -0.2) is 12.6 Å². The van der Waals surface area contributed by atoms with Gasteiger partial charge in [0.05, 0.1) is 12.1 Å². The van der Waals surface area contributed by atoms with Crippen LogP contribution in [0.15, 0.2) is 24.3 Å². The van der Waals surface area contributed by atoms with Gasteiger partial charge in [-0.1, -0.05) is 30.2 Å². The van der Waals surface area contributed by atoms with E-state index in [9.17, 15) is 0 Å². The fraction of sp³-hybridized carbons (Fsp3) is 0.429. The minimum absolute atomic E-state index is 0.278. The maximum Gasteiger partial charge on any atom is 0.0743 e. The molecule has 0 aliphatic carbocycles. The van der Waals surface area contributed by atoms with Crippen LogP contribution in [0, 0.1) is 12.3 Å². The number of hydrogen-bond donors (Lipinski definition) is 1. The first-order valence-corrected chi connectivity index (χ1v) is 5.37. The Hall–Kier alpha value is -1.30. The van der Waals surface area contributed by atoms with Gasteiger partial charge >= 0.3 is 0 Å². The molecule has 1 N–H and O–H groups in total. The Labute approximate surface area is 98.0 Å². The summed E-state index contributed by atoms with van der Waals surface area (Å²) in [6.45, 7) is 5.38. The lowest BCUT2D eigenvalue weighted by Gasteiger charge is -2.20. The van der Waals surface area contributed by atoms with E-state index in [1.165, 1.54) is 11.1 Å². The average Bonchev–Trinajstić information content (AvgIpc) is 2.28. The van der Waals surface area contributed by atoms with Gasteiger partial charge in [-0.2, -0.15) is 0 Å². The van der Waals surface area contributed by atoms with Crippen LogP contribution in [0.25, 0.3) is 0 Å². The lowest BCUT2D eigenvalue weighted by Crippen LogP contribution is -2.37. The van der Waals surface area contributed by atoms with Gasteiger partial charge < -0.3 is 4.74 Å². The van der Waals surface area contributed by atoms with Crippen molar-refractivity contribution < 1.29 is 4.74 Å². The average molecular weight is 217 g/mol. The largest absolute Gasteiger partial charge is 0.380 e. The lowest BCUT2D eigenvalue weighted by atomic mass is 10.0. The third-order valence-electron chi connectivity index (χ3n) is 2.50. The molecule has 0 aliphatic rings. The van der Waals surface area contributed by atoms with Crippen LogP contribution in [0.3, 0.4) is 0 Å². The summed E-state index contributed by atoms with van der Waals surface area (Å²) in [5.74, 6) is 2.72. The predicted molar refractivity (Wildman–Crippen MR) is 66.9 cm³/mol. The van der Waals surface area contributed by atoms with Crippen LogP contribution < -0.4 is 5.32 Å². The van der Waals surface area contributed by atoms with Crippen molar-refractivity contribution >= 4 is 0 Å². The maximum absolute atomic E-state index is 5.43. The van der Waals surface area contributed by atoms with Gasteiger partial charge in [0.2, 0.25) is 0 Å². The molecule has 1 aromatic carbocycles. The van der Waals surface area contributed by atoms with E-state index in [1.54, 1.807) is 7.11 Å². The van der Waals surface area contributed by atoms with Gasteiger partial charge in [0.15, 0.2) is 0 Å². The molecular formula is C14H19NO. The molecule has 16 heavy (non-hydrogen) atoms. The molecule has 0 saturated heterocycles. The zero-order valence-corrected chi connectivity index (χ0v) is 10.2. The number of nitrogens with one attached hydrogen (secondary N) is 1. The monoisotopic (exact) mass is 217 g/mol. The van der Waals surface area contributed by atoms with Crippen molar-refractivity contribution in [2.24, 2.45) is 0 Å². The number of hydrogen-bond acceptors (Lipinski definition) is 2. The number of methoxy groups -OCH3 is 1. The first kappa shape index (κ1) is 12.8. The number of rotatable bonds is 5. The molecule has 0 radical (unpaired) electrons. The Morgan fingerprint density at radius 1 is 1.31 bits per heavy atom. The molecule has 2 nitrogen and oxygen atoms in total. The summed E-state index contributed by atoms with van der Waals surface area (Å²) in [7, 11) is 1.70. The summed E-state index contributed by atoms with van der Waals surface area (Å²) in [5, 5.41) is 3.33. The standard InChI is InChI=1S/C14H19NO/c1-5-14(2,3)15-10-12-8-6-7-9-13(12)11-16-4/h1,6-9,15H,10-11H2,2-4H3. The van der Waals surface area contributed by atoms with Crippen LogP contribution in [0.2, 0.25) is 0 Å². The SMILES string of the molecule is C#CC(C)(C)NCc1ccccc1COC. The molecule has 0 unspecified atom stereocenters. The molecular weight excluding hydrogens is 198 g/mol. The molecule has 0 aromatic heterocycles. The summed E-state index contributed by atoms with van der Waals surface area (Å²) in [5.41, 5.74) is 2.15. The quantitative estimate of drug-likeness (QED) is 0.764. The molecule has 0 atom stereocenters. The van der Waals surface area contributed by atoms with E-state index < -0.39 is 0 Å². The normalized spacial score (nSPS) is 11.1. The van der Waals surface area contributed by atoms with Crippen molar-refractivity contribution in [1.82, 2.24) is 5.32 Å². The summed E-state index contributed by atoms with van der Waals surface area (Å²) < 4.78 is 5.16. The van der Waals surface area contributed by atoms with Gasteiger partial charge in [0.25, 0.3) is 0 Å². The van der Waals surface area contributed by atoms with Gasteiger partial charge in [-0.25, -0.2) is 0 Å². The maximum atomic E-state index is 5.43. The van der Waals surface area contributed by atoms with Gasteiger partial charge in [-0.05, 0) is 25.0 Å². The topological polar surface area (TPSA) is 21.3 Å². The molecule has 1 rings (SSSR count). The first-order valence-electron chi connectivity index (χ1n) is 5.37. The van der Waals surface area contributed by atoms with E-state index >= 15 is 0 Å². The predicted octanol–water partition coefficient (Wildman–Crippen LogP) is 2.33.